The predicted octanol–water partition coefficient (Wildman–Crippen LogP) is 3.77. The van der Waals surface area contributed by atoms with Crippen LogP contribution in [0.25, 0.3) is 0 Å². The average Bonchev–Trinajstić information content (AvgIpc) is 2.45. The maximum absolute atomic E-state index is 14.1. The topological polar surface area (TPSA) is 29.5 Å². The minimum Gasteiger partial charge on any atom is -0.490 e. The normalized spacial score (nSPS) is 16.6. The van der Waals surface area contributed by atoms with Crippen molar-refractivity contribution in [2.24, 2.45) is 0 Å². The zero-order chi connectivity index (χ0) is 13.7. The molecule has 1 saturated carbocycles. The molecule has 0 radical (unpaired) electrons. The van der Waals surface area contributed by atoms with Crippen molar-refractivity contribution >= 4 is 0 Å². The van der Waals surface area contributed by atoms with Gasteiger partial charge in [-0.2, -0.15) is 4.39 Å². The molecular formula is C15H20F2O2. The monoisotopic (exact) mass is 270 g/mol. The molecule has 1 aromatic rings. The van der Waals surface area contributed by atoms with Gasteiger partial charge in [0.25, 0.3) is 0 Å². The summed E-state index contributed by atoms with van der Waals surface area (Å²) in [4.78, 5) is 0. The van der Waals surface area contributed by atoms with Crippen LogP contribution < -0.4 is 4.74 Å². The fraction of sp³-hybridized carbons (Fsp3) is 0.600. The lowest BCUT2D eigenvalue weighted by Gasteiger charge is -2.23. The van der Waals surface area contributed by atoms with Gasteiger partial charge in [-0.3, -0.25) is 0 Å². The van der Waals surface area contributed by atoms with Crippen molar-refractivity contribution in [1.82, 2.24) is 0 Å². The van der Waals surface area contributed by atoms with Gasteiger partial charge in [-0.1, -0.05) is 25.3 Å². The van der Waals surface area contributed by atoms with Gasteiger partial charge in [0.1, 0.15) is 0 Å². The molecule has 1 fully saturated rings. The van der Waals surface area contributed by atoms with Gasteiger partial charge in [-0.25, -0.2) is 4.39 Å². The smallest absolute Gasteiger partial charge is 0.200 e. The van der Waals surface area contributed by atoms with Crippen molar-refractivity contribution in [3.05, 3.63) is 29.3 Å². The molecule has 19 heavy (non-hydrogen) atoms. The minimum absolute atomic E-state index is 0.0236. The molecule has 2 nitrogen and oxygen atoms in total. The molecule has 106 valence electrons. The number of ether oxygens (including phenoxy) is 1. The van der Waals surface area contributed by atoms with Crippen LogP contribution in [-0.2, 0) is 0 Å². The third kappa shape index (κ3) is 3.44. The molecule has 1 aliphatic carbocycles. The van der Waals surface area contributed by atoms with Crippen LogP contribution in [-0.4, -0.2) is 18.3 Å². The number of hydrogen-bond donors (Lipinski definition) is 1. The largest absolute Gasteiger partial charge is 0.490 e. The Morgan fingerprint density at radius 1 is 1.11 bits per heavy atom. The standard InChI is InChI=1S/C15H20F2O2/c16-14-12(11-5-2-1-3-6-11)7-8-13(15(14)17)19-10-4-9-18/h7-8,11,18H,1-6,9-10H2. The van der Waals surface area contributed by atoms with E-state index in [9.17, 15) is 8.78 Å². The van der Waals surface area contributed by atoms with Crippen LogP contribution >= 0.6 is 0 Å². The number of benzene rings is 1. The maximum atomic E-state index is 14.1. The molecule has 4 heteroatoms. The van der Waals surface area contributed by atoms with Crippen molar-refractivity contribution in [3.8, 4) is 5.75 Å². The van der Waals surface area contributed by atoms with Crippen LogP contribution in [0.3, 0.4) is 0 Å². The molecule has 0 spiro atoms. The molecule has 0 saturated heterocycles. The van der Waals surface area contributed by atoms with Crippen LogP contribution in [0.5, 0.6) is 5.75 Å². The van der Waals surface area contributed by atoms with E-state index in [0.717, 1.165) is 25.7 Å². The first-order chi connectivity index (χ1) is 9.24. The van der Waals surface area contributed by atoms with E-state index < -0.39 is 11.6 Å². The fourth-order valence-electron chi connectivity index (χ4n) is 2.63. The Kier molecular flexibility index (Phi) is 5.14. The molecular weight excluding hydrogens is 250 g/mol. The molecule has 2 rings (SSSR count). The average molecular weight is 270 g/mol. The predicted molar refractivity (Wildman–Crippen MR) is 69.4 cm³/mol. The first kappa shape index (κ1) is 14.3. The third-order valence-corrected chi connectivity index (χ3v) is 3.68. The molecule has 1 aromatic carbocycles. The van der Waals surface area contributed by atoms with E-state index >= 15 is 0 Å². The van der Waals surface area contributed by atoms with E-state index in [1.807, 2.05) is 0 Å². The summed E-state index contributed by atoms with van der Waals surface area (Å²) in [6.07, 6.45) is 5.62. The Hall–Kier alpha value is -1.16. The van der Waals surface area contributed by atoms with E-state index in [4.69, 9.17) is 9.84 Å². The summed E-state index contributed by atoms with van der Waals surface area (Å²) in [7, 11) is 0. The second-order valence-electron chi connectivity index (χ2n) is 5.04. The summed E-state index contributed by atoms with van der Waals surface area (Å²) >= 11 is 0. The van der Waals surface area contributed by atoms with Crippen molar-refractivity contribution in [2.45, 2.75) is 44.4 Å². The van der Waals surface area contributed by atoms with E-state index in [1.165, 1.54) is 12.5 Å². The maximum Gasteiger partial charge on any atom is 0.200 e. The number of halogens is 2. The Balaban J connectivity index is 2.11. The first-order valence-electron chi connectivity index (χ1n) is 6.95. The van der Waals surface area contributed by atoms with Crippen LogP contribution in [0.1, 0.15) is 50.0 Å². The van der Waals surface area contributed by atoms with E-state index in [0.29, 0.717) is 12.0 Å². The van der Waals surface area contributed by atoms with Gasteiger partial charge in [-0.05, 0) is 30.4 Å². The molecule has 1 aliphatic rings. The summed E-state index contributed by atoms with van der Waals surface area (Å²) in [5.74, 6) is -1.60. The number of aliphatic hydroxyl groups excluding tert-OH is 1. The summed E-state index contributed by atoms with van der Waals surface area (Å²) in [6.45, 7) is 0.167. The van der Waals surface area contributed by atoms with Gasteiger partial charge in [0.2, 0.25) is 5.82 Å². The summed E-state index contributed by atoms with van der Waals surface area (Å²) in [6, 6.07) is 3.14. The van der Waals surface area contributed by atoms with E-state index in [2.05, 4.69) is 0 Å². The highest BCUT2D eigenvalue weighted by molar-refractivity contribution is 5.33. The number of rotatable bonds is 5. The lowest BCUT2D eigenvalue weighted by atomic mass is 9.84. The van der Waals surface area contributed by atoms with Gasteiger partial charge in [-0.15, -0.1) is 0 Å². The molecule has 0 bridgehead atoms. The molecule has 0 aromatic heterocycles. The quantitative estimate of drug-likeness (QED) is 0.825. The molecule has 0 amide bonds. The zero-order valence-electron chi connectivity index (χ0n) is 11.0. The highest BCUT2D eigenvalue weighted by Gasteiger charge is 2.22. The Morgan fingerprint density at radius 2 is 1.84 bits per heavy atom. The van der Waals surface area contributed by atoms with Gasteiger partial charge >= 0.3 is 0 Å². The number of aliphatic hydroxyl groups is 1. The van der Waals surface area contributed by atoms with Crippen LogP contribution in [0.4, 0.5) is 8.78 Å². The fourth-order valence-corrected chi connectivity index (χ4v) is 2.63. The van der Waals surface area contributed by atoms with Gasteiger partial charge in [0, 0.05) is 13.0 Å². The molecule has 0 heterocycles. The molecule has 0 aliphatic heterocycles. The highest BCUT2D eigenvalue weighted by atomic mass is 19.2. The van der Waals surface area contributed by atoms with Crippen molar-refractivity contribution in [1.29, 1.82) is 0 Å². The minimum atomic E-state index is -0.902. The van der Waals surface area contributed by atoms with E-state index in [-0.39, 0.29) is 24.9 Å². The van der Waals surface area contributed by atoms with Gasteiger partial charge < -0.3 is 9.84 Å². The zero-order valence-corrected chi connectivity index (χ0v) is 11.0. The highest BCUT2D eigenvalue weighted by Crippen LogP contribution is 2.36. The third-order valence-electron chi connectivity index (χ3n) is 3.68. The van der Waals surface area contributed by atoms with Gasteiger partial charge in [0.15, 0.2) is 11.6 Å². The van der Waals surface area contributed by atoms with Crippen molar-refractivity contribution in [2.75, 3.05) is 13.2 Å². The summed E-state index contributed by atoms with van der Waals surface area (Å²) < 4.78 is 33.1. The Labute approximate surface area is 112 Å². The summed E-state index contributed by atoms with van der Waals surface area (Å²) in [5, 5.41) is 8.63. The first-order valence-corrected chi connectivity index (χ1v) is 6.95. The van der Waals surface area contributed by atoms with Crippen LogP contribution in [0.2, 0.25) is 0 Å². The molecule has 0 atom stereocenters. The lowest BCUT2D eigenvalue weighted by Crippen LogP contribution is -2.09. The second-order valence-corrected chi connectivity index (χ2v) is 5.04. The summed E-state index contributed by atoms with van der Waals surface area (Å²) in [5.41, 5.74) is 0.478. The Bertz CT molecular complexity index is 415. The van der Waals surface area contributed by atoms with Crippen LogP contribution in [0.15, 0.2) is 12.1 Å². The van der Waals surface area contributed by atoms with Crippen molar-refractivity contribution in [3.63, 3.8) is 0 Å². The van der Waals surface area contributed by atoms with E-state index in [1.54, 1.807) is 6.07 Å². The second kappa shape index (κ2) is 6.85. The Morgan fingerprint density at radius 3 is 2.53 bits per heavy atom. The molecule has 1 N–H and O–H groups in total. The van der Waals surface area contributed by atoms with Crippen molar-refractivity contribution < 1.29 is 18.6 Å². The van der Waals surface area contributed by atoms with Crippen LogP contribution in [0, 0.1) is 11.6 Å². The SMILES string of the molecule is OCCCOc1ccc(C2CCCCC2)c(F)c1F. The lowest BCUT2D eigenvalue weighted by molar-refractivity contribution is 0.226. The molecule has 0 unspecified atom stereocenters. The van der Waals surface area contributed by atoms with Gasteiger partial charge in [0.05, 0.1) is 6.61 Å². The number of hydrogen-bond acceptors (Lipinski definition) is 2.